The summed E-state index contributed by atoms with van der Waals surface area (Å²) in [7, 11) is -4.35. The molecule has 2 aromatic rings. The Kier molecular flexibility index (Phi) is 4.84. The molecule has 0 fully saturated rings. The van der Waals surface area contributed by atoms with Crippen molar-refractivity contribution in [3.05, 3.63) is 64.2 Å². The van der Waals surface area contributed by atoms with E-state index < -0.39 is 38.0 Å². The van der Waals surface area contributed by atoms with Crippen molar-refractivity contribution in [2.75, 3.05) is 10.8 Å². The third-order valence-corrected chi connectivity index (χ3v) is 5.04. The highest BCUT2D eigenvalue weighted by molar-refractivity contribution is 7.93. The molecule has 0 aliphatic heterocycles. The smallest absolute Gasteiger partial charge is 0.289 e. The first-order valence-electron chi connectivity index (χ1n) is 6.84. The van der Waals surface area contributed by atoms with Crippen LogP contribution in [0.15, 0.2) is 53.4 Å². The minimum absolute atomic E-state index is 0.201. The molecule has 0 unspecified atom stereocenters. The number of nitro groups is 1. The molecule has 0 aromatic heterocycles. The lowest BCUT2D eigenvalue weighted by Gasteiger charge is -2.23. The SMILES string of the molecule is Cc1cccc(N(CC(N)=O)S(=O)(=O)c2ccccc2[N+](=O)[O-])c1. The maximum Gasteiger partial charge on any atom is 0.289 e. The van der Waals surface area contributed by atoms with Crippen LogP contribution in [0.25, 0.3) is 0 Å². The lowest BCUT2D eigenvalue weighted by Crippen LogP contribution is -2.38. The zero-order valence-electron chi connectivity index (χ0n) is 12.7. The summed E-state index contributed by atoms with van der Waals surface area (Å²) in [6.07, 6.45) is 0. The van der Waals surface area contributed by atoms with Crippen molar-refractivity contribution >= 4 is 27.3 Å². The van der Waals surface area contributed by atoms with Gasteiger partial charge in [-0.25, -0.2) is 8.42 Å². The molecule has 0 saturated heterocycles. The molecule has 8 nitrogen and oxygen atoms in total. The largest absolute Gasteiger partial charge is 0.368 e. The van der Waals surface area contributed by atoms with Crippen LogP contribution in [0.2, 0.25) is 0 Å². The van der Waals surface area contributed by atoms with Gasteiger partial charge in [0.25, 0.3) is 15.7 Å². The molecule has 24 heavy (non-hydrogen) atoms. The van der Waals surface area contributed by atoms with Crippen LogP contribution in [-0.4, -0.2) is 25.8 Å². The highest BCUT2D eigenvalue weighted by Gasteiger charge is 2.32. The molecule has 0 atom stereocenters. The van der Waals surface area contributed by atoms with Gasteiger partial charge in [-0.15, -0.1) is 0 Å². The van der Waals surface area contributed by atoms with Crippen molar-refractivity contribution in [1.82, 2.24) is 0 Å². The first kappa shape index (κ1) is 17.4. The quantitative estimate of drug-likeness (QED) is 0.626. The number of carbonyl (C=O) groups is 1. The summed E-state index contributed by atoms with van der Waals surface area (Å²) in [5.74, 6) is -0.876. The molecule has 126 valence electrons. The van der Waals surface area contributed by atoms with Gasteiger partial charge in [-0.1, -0.05) is 24.3 Å². The van der Waals surface area contributed by atoms with Crippen molar-refractivity contribution in [2.24, 2.45) is 5.73 Å². The fourth-order valence-corrected chi connectivity index (χ4v) is 3.77. The monoisotopic (exact) mass is 349 g/mol. The number of carbonyl (C=O) groups excluding carboxylic acids is 1. The van der Waals surface area contributed by atoms with Gasteiger partial charge in [-0.05, 0) is 30.7 Å². The van der Waals surface area contributed by atoms with E-state index in [1.54, 1.807) is 25.1 Å². The fourth-order valence-electron chi connectivity index (χ4n) is 2.18. The third kappa shape index (κ3) is 3.51. The van der Waals surface area contributed by atoms with Gasteiger partial charge in [0.2, 0.25) is 5.91 Å². The average Bonchev–Trinajstić information content (AvgIpc) is 2.52. The maximum absolute atomic E-state index is 12.9. The number of rotatable bonds is 6. The number of nitro benzene ring substituents is 1. The van der Waals surface area contributed by atoms with E-state index in [2.05, 4.69) is 0 Å². The molecule has 2 aromatic carbocycles. The summed E-state index contributed by atoms with van der Waals surface area (Å²) in [6.45, 7) is 1.13. The second-order valence-corrected chi connectivity index (χ2v) is 6.87. The van der Waals surface area contributed by atoms with Crippen LogP contribution in [-0.2, 0) is 14.8 Å². The van der Waals surface area contributed by atoms with Crippen molar-refractivity contribution in [3.8, 4) is 0 Å². The van der Waals surface area contributed by atoms with Crippen molar-refractivity contribution in [1.29, 1.82) is 0 Å². The van der Waals surface area contributed by atoms with Crippen LogP contribution in [0.5, 0.6) is 0 Å². The number of hydrogen-bond acceptors (Lipinski definition) is 5. The zero-order valence-corrected chi connectivity index (χ0v) is 13.6. The first-order valence-corrected chi connectivity index (χ1v) is 8.28. The predicted octanol–water partition coefficient (Wildman–Crippen LogP) is 1.58. The van der Waals surface area contributed by atoms with Gasteiger partial charge in [0, 0.05) is 6.07 Å². The van der Waals surface area contributed by atoms with E-state index in [4.69, 9.17) is 5.73 Å². The number of amides is 1. The summed E-state index contributed by atoms with van der Waals surface area (Å²) >= 11 is 0. The second kappa shape index (κ2) is 6.67. The van der Waals surface area contributed by atoms with Crippen LogP contribution in [0.1, 0.15) is 5.56 Å². The molecular formula is C15H15N3O5S. The van der Waals surface area contributed by atoms with Crippen molar-refractivity contribution in [3.63, 3.8) is 0 Å². The van der Waals surface area contributed by atoms with E-state index in [0.29, 0.717) is 0 Å². The molecule has 0 heterocycles. The van der Waals surface area contributed by atoms with Gasteiger partial charge in [0.15, 0.2) is 4.90 Å². The zero-order chi connectivity index (χ0) is 17.9. The number of anilines is 1. The summed E-state index contributed by atoms with van der Waals surface area (Å²) in [5.41, 5.74) is 5.56. The maximum atomic E-state index is 12.9. The predicted molar refractivity (Wildman–Crippen MR) is 88.0 cm³/mol. The summed E-state index contributed by atoms with van der Waals surface area (Å²) in [5, 5.41) is 11.1. The number of aryl methyl sites for hydroxylation is 1. The minimum atomic E-state index is -4.35. The Hall–Kier alpha value is -2.94. The molecule has 0 saturated carbocycles. The molecule has 2 N–H and O–H groups in total. The molecule has 0 bridgehead atoms. The lowest BCUT2D eigenvalue weighted by atomic mass is 10.2. The van der Waals surface area contributed by atoms with E-state index in [9.17, 15) is 23.3 Å². The van der Waals surface area contributed by atoms with Crippen LogP contribution in [0, 0.1) is 17.0 Å². The van der Waals surface area contributed by atoms with Gasteiger partial charge >= 0.3 is 0 Å². The number of sulfonamides is 1. The van der Waals surface area contributed by atoms with Gasteiger partial charge in [0.1, 0.15) is 6.54 Å². The second-order valence-electron chi connectivity index (χ2n) is 5.04. The number of nitrogens with two attached hydrogens (primary N) is 1. The molecule has 0 aliphatic rings. The van der Waals surface area contributed by atoms with E-state index in [0.717, 1.165) is 22.0 Å². The van der Waals surface area contributed by atoms with E-state index in [1.807, 2.05) is 0 Å². The molecule has 0 aliphatic carbocycles. The van der Waals surface area contributed by atoms with Gasteiger partial charge in [-0.2, -0.15) is 0 Å². The Morgan fingerprint density at radius 2 is 1.88 bits per heavy atom. The average molecular weight is 349 g/mol. The molecule has 1 amide bonds. The van der Waals surface area contributed by atoms with E-state index in [-0.39, 0.29) is 5.69 Å². The lowest BCUT2D eigenvalue weighted by molar-refractivity contribution is -0.387. The van der Waals surface area contributed by atoms with Crippen LogP contribution in [0.3, 0.4) is 0 Å². The Labute approximate surface area is 138 Å². The third-order valence-electron chi connectivity index (χ3n) is 3.22. The van der Waals surface area contributed by atoms with Crippen LogP contribution < -0.4 is 10.0 Å². The minimum Gasteiger partial charge on any atom is -0.368 e. The van der Waals surface area contributed by atoms with Crippen LogP contribution >= 0.6 is 0 Å². The standard InChI is InChI=1S/C15H15N3O5S/c1-11-5-4-6-12(9-11)17(10-15(16)19)24(22,23)14-8-3-2-7-13(14)18(20)21/h2-9H,10H2,1H3,(H2,16,19). The normalized spacial score (nSPS) is 11.0. The summed E-state index contributed by atoms with van der Waals surface area (Å²) in [6, 6.07) is 11.4. The number of para-hydroxylation sites is 1. The highest BCUT2D eigenvalue weighted by Crippen LogP contribution is 2.29. The number of nitrogens with zero attached hydrogens (tertiary/aromatic N) is 2. The molecule has 0 radical (unpaired) electrons. The van der Waals surface area contributed by atoms with Crippen molar-refractivity contribution in [2.45, 2.75) is 11.8 Å². The van der Waals surface area contributed by atoms with E-state index >= 15 is 0 Å². The highest BCUT2D eigenvalue weighted by atomic mass is 32.2. The van der Waals surface area contributed by atoms with E-state index in [1.165, 1.54) is 18.2 Å². The van der Waals surface area contributed by atoms with Gasteiger partial charge < -0.3 is 5.73 Å². The number of hydrogen-bond donors (Lipinski definition) is 1. The summed E-state index contributed by atoms with van der Waals surface area (Å²) in [4.78, 5) is 21.2. The number of primary amides is 1. The first-order chi connectivity index (χ1) is 11.2. The molecule has 2 rings (SSSR count). The Bertz CT molecular complexity index is 895. The Balaban J connectivity index is 2.65. The van der Waals surface area contributed by atoms with Crippen molar-refractivity contribution < 1.29 is 18.1 Å². The topological polar surface area (TPSA) is 124 Å². The van der Waals surface area contributed by atoms with Gasteiger partial charge in [-0.3, -0.25) is 19.2 Å². The molecule has 9 heteroatoms. The van der Waals surface area contributed by atoms with Crippen LogP contribution in [0.4, 0.5) is 11.4 Å². The molecule has 0 spiro atoms. The Morgan fingerprint density at radius 1 is 1.21 bits per heavy atom. The number of benzene rings is 2. The molecular weight excluding hydrogens is 334 g/mol. The Morgan fingerprint density at radius 3 is 2.46 bits per heavy atom. The van der Waals surface area contributed by atoms with Gasteiger partial charge in [0.05, 0.1) is 10.6 Å². The fraction of sp³-hybridized carbons (Fsp3) is 0.133. The summed E-state index contributed by atoms with van der Waals surface area (Å²) < 4.78 is 26.6.